The van der Waals surface area contributed by atoms with Crippen molar-refractivity contribution in [3.63, 3.8) is 0 Å². The van der Waals surface area contributed by atoms with Crippen molar-refractivity contribution >= 4 is 0 Å². The van der Waals surface area contributed by atoms with E-state index >= 15 is 0 Å². The van der Waals surface area contributed by atoms with E-state index in [9.17, 15) is 0 Å². The molecule has 0 spiro atoms. The summed E-state index contributed by atoms with van der Waals surface area (Å²) in [6, 6.07) is 0. The molecule has 0 atom stereocenters. The van der Waals surface area contributed by atoms with Gasteiger partial charge in [-0.1, -0.05) is 0 Å². The maximum Gasteiger partial charge on any atom is 3.00 e. The molecule has 0 amide bonds. The van der Waals surface area contributed by atoms with Crippen LogP contribution < -0.4 is 11.1 Å². The van der Waals surface area contributed by atoms with Crippen molar-refractivity contribution in [2.45, 2.75) is 19.3 Å². The van der Waals surface area contributed by atoms with Crippen molar-refractivity contribution in [3.05, 3.63) is 6.92 Å². The first-order valence-electron chi connectivity index (χ1n) is 3.62. The molecule has 3 heteroatoms. The molecular formula is C7H17N2Y+2. The van der Waals surface area contributed by atoms with Crippen LogP contribution in [-0.2, 0) is 32.7 Å². The zero-order chi connectivity index (χ0) is 6.95. The Balaban J connectivity index is 0. The molecule has 0 bridgehead atoms. The summed E-state index contributed by atoms with van der Waals surface area (Å²) in [5.74, 6) is 0. The Hall–Kier alpha value is 1.02. The van der Waals surface area contributed by atoms with E-state index in [2.05, 4.69) is 12.2 Å². The van der Waals surface area contributed by atoms with E-state index in [1.807, 2.05) is 0 Å². The molecule has 2 nitrogen and oxygen atoms in total. The summed E-state index contributed by atoms with van der Waals surface area (Å²) >= 11 is 0. The summed E-state index contributed by atoms with van der Waals surface area (Å²) in [7, 11) is 0. The molecular weight excluding hydrogens is 201 g/mol. The molecule has 0 heterocycles. The van der Waals surface area contributed by atoms with Gasteiger partial charge in [0.1, 0.15) is 0 Å². The smallest absolute Gasteiger partial charge is 0.342 e. The Kier molecular flexibility index (Phi) is 17.2. The molecule has 56 valence electrons. The van der Waals surface area contributed by atoms with E-state index in [4.69, 9.17) is 5.73 Å². The fourth-order valence-electron chi connectivity index (χ4n) is 0.644. The maximum atomic E-state index is 5.30. The molecule has 0 aromatic carbocycles. The van der Waals surface area contributed by atoms with Crippen LogP contribution in [0.25, 0.3) is 0 Å². The Morgan fingerprint density at radius 2 is 1.90 bits per heavy atom. The molecule has 0 aliphatic heterocycles. The van der Waals surface area contributed by atoms with Gasteiger partial charge in [0.15, 0.2) is 0 Å². The Bertz CT molecular complexity index is 44.9. The normalized spacial score (nSPS) is 9.00. The Morgan fingerprint density at radius 3 is 2.40 bits per heavy atom. The molecule has 0 rings (SSSR count). The third-order valence-corrected chi connectivity index (χ3v) is 1.16. The predicted molar refractivity (Wildman–Crippen MR) is 41.1 cm³/mol. The SMILES string of the molecule is [CH2-]CCNCCCCN.[Y+3]. The number of hydrogen-bond donors (Lipinski definition) is 2. The standard InChI is InChI=1S/C7H17N2.Y/c1-2-6-9-7-4-3-5-8;/h9H,1-8H2;/q-1;+3. The molecule has 0 aliphatic carbocycles. The number of hydrogen-bond acceptors (Lipinski definition) is 2. The summed E-state index contributed by atoms with van der Waals surface area (Å²) in [4.78, 5) is 0. The zero-order valence-electron chi connectivity index (χ0n) is 6.60. The van der Waals surface area contributed by atoms with Crippen LogP contribution in [0, 0.1) is 6.92 Å². The minimum atomic E-state index is 0. The van der Waals surface area contributed by atoms with E-state index in [0.29, 0.717) is 0 Å². The third kappa shape index (κ3) is 11.8. The van der Waals surface area contributed by atoms with Gasteiger partial charge in [-0.3, -0.25) is 0 Å². The van der Waals surface area contributed by atoms with Crippen molar-refractivity contribution in [1.29, 1.82) is 0 Å². The topological polar surface area (TPSA) is 38.0 Å². The van der Waals surface area contributed by atoms with Crippen LogP contribution in [0.4, 0.5) is 0 Å². The van der Waals surface area contributed by atoms with Gasteiger partial charge >= 0.3 is 32.7 Å². The minimum Gasteiger partial charge on any atom is -0.342 e. The molecule has 10 heavy (non-hydrogen) atoms. The van der Waals surface area contributed by atoms with Crippen molar-refractivity contribution in [2.24, 2.45) is 5.73 Å². The maximum absolute atomic E-state index is 5.30. The molecule has 0 aromatic heterocycles. The van der Waals surface area contributed by atoms with Gasteiger partial charge in [-0.05, 0) is 32.5 Å². The first kappa shape index (κ1) is 13.6. The average molecular weight is 218 g/mol. The van der Waals surface area contributed by atoms with Crippen LogP contribution in [0.5, 0.6) is 0 Å². The van der Waals surface area contributed by atoms with Crippen LogP contribution in [-0.4, -0.2) is 19.6 Å². The summed E-state index contributed by atoms with van der Waals surface area (Å²) in [6.45, 7) is 6.65. The number of nitrogens with two attached hydrogens (primary N) is 1. The molecule has 0 saturated carbocycles. The van der Waals surface area contributed by atoms with Gasteiger partial charge in [0.2, 0.25) is 0 Å². The van der Waals surface area contributed by atoms with Crippen LogP contribution in [0.2, 0.25) is 0 Å². The van der Waals surface area contributed by atoms with Gasteiger partial charge in [0.05, 0.1) is 0 Å². The first-order chi connectivity index (χ1) is 4.41. The Morgan fingerprint density at radius 1 is 1.20 bits per heavy atom. The van der Waals surface area contributed by atoms with E-state index < -0.39 is 0 Å². The van der Waals surface area contributed by atoms with Gasteiger partial charge in [-0.15, -0.1) is 0 Å². The number of nitrogens with one attached hydrogen (secondary N) is 1. The van der Waals surface area contributed by atoms with Crippen LogP contribution in [0.1, 0.15) is 19.3 Å². The number of unbranched alkanes of at least 4 members (excludes halogenated alkanes) is 1. The van der Waals surface area contributed by atoms with Gasteiger partial charge in [0, 0.05) is 0 Å². The summed E-state index contributed by atoms with van der Waals surface area (Å²) in [5.41, 5.74) is 5.30. The average Bonchev–Trinajstić information content (AvgIpc) is 1.89. The van der Waals surface area contributed by atoms with Crippen molar-refractivity contribution < 1.29 is 32.7 Å². The summed E-state index contributed by atoms with van der Waals surface area (Å²) < 4.78 is 0. The van der Waals surface area contributed by atoms with Gasteiger partial charge in [-0.25, -0.2) is 0 Å². The molecule has 0 radical (unpaired) electrons. The molecule has 0 aliphatic rings. The van der Waals surface area contributed by atoms with Crippen molar-refractivity contribution in [3.8, 4) is 0 Å². The van der Waals surface area contributed by atoms with Crippen LogP contribution in [0.3, 0.4) is 0 Å². The first-order valence-corrected chi connectivity index (χ1v) is 3.62. The van der Waals surface area contributed by atoms with Gasteiger partial charge < -0.3 is 18.0 Å². The summed E-state index contributed by atoms with van der Waals surface area (Å²) in [6.07, 6.45) is 3.29. The predicted octanol–water partition coefficient (Wildman–Crippen LogP) is 0.537. The second kappa shape index (κ2) is 12.7. The largest absolute Gasteiger partial charge is 3.00 e. The molecule has 0 saturated heterocycles. The third-order valence-electron chi connectivity index (χ3n) is 1.16. The van der Waals surface area contributed by atoms with E-state index in [1.165, 1.54) is 6.42 Å². The fourth-order valence-corrected chi connectivity index (χ4v) is 0.644. The van der Waals surface area contributed by atoms with Gasteiger partial charge in [-0.2, -0.15) is 6.42 Å². The molecule has 0 aromatic rings. The minimum absolute atomic E-state index is 0. The number of rotatable bonds is 6. The van der Waals surface area contributed by atoms with E-state index in [1.54, 1.807) is 0 Å². The quantitative estimate of drug-likeness (QED) is 0.504. The molecule has 0 fully saturated rings. The second-order valence-electron chi connectivity index (χ2n) is 2.10. The molecule has 3 N–H and O–H groups in total. The van der Waals surface area contributed by atoms with E-state index in [-0.39, 0.29) is 32.7 Å². The molecule has 0 unspecified atom stereocenters. The zero-order valence-corrected chi connectivity index (χ0v) is 9.44. The second-order valence-corrected chi connectivity index (χ2v) is 2.10. The van der Waals surface area contributed by atoms with E-state index in [0.717, 1.165) is 32.5 Å². The Labute approximate surface area is 89.2 Å². The summed E-state index contributed by atoms with van der Waals surface area (Å²) in [5, 5.41) is 3.25. The van der Waals surface area contributed by atoms with Gasteiger partial charge in [0.25, 0.3) is 0 Å². The van der Waals surface area contributed by atoms with Crippen molar-refractivity contribution in [2.75, 3.05) is 19.6 Å². The van der Waals surface area contributed by atoms with Crippen molar-refractivity contribution in [1.82, 2.24) is 5.32 Å². The fraction of sp³-hybridized carbons (Fsp3) is 0.857. The monoisotopic (exact) mass is 218 g/mol. The van der Waals surface area contributed by atoms with Crippen LogP contribution >= 0.6 is 0 Å². The van der Waals surface area contributed by atoms with Crippen LogP contribution in [0.15, 0.2) is 0 Å².